The third kappa shape index (κ3) is 4.30. The highest BCUT2D eigenvalue weighted by molar-refractivity contribution is 7.92. The number of hydrogen-bond acceptors (Lipinski definition) is 6. The van der Waals surface area contributed by atoms with Crippen molar-refractivity contribution in [2.75, 3.05) is 17.1 Å². The second-order valence-electron chi connectivity index (χ2n) is 7.20. The Labute approximate surface area is 190 Å². The van der Waals surface area contributed by atoms with Gasteiger partial charge in [0.25, 0.3) is 15.9 Å². The molecule has 0 saturated carbocycles. The average molecular weight is 468 g/mol. The minimum Gasteiger partial charge on any atom is -0.494 e. The number of anilines is 2. The highest BCUT2D eigenvalue weighted by atomic mass is 32.2. The molecule has 0 atom stereocenters. The molecule has 1 aromatic heterocycles. The summed E-state index contributed by atoms with van der Waals surface area (Å²) in [7, 11) is -2.29. The lowest BCUT2D eigenvalue weighted by Crippen LogP contribution is -2.18. The number of carbonyl (C=O) groups is 1. The number of fused-ring (bicyclic) bond motifs is 1. The van der Waals surface area contributed by atoms with E-state index in [2.05, 4.69) is 15.0 Å². The van der Waals surface area contributed by atoms with E-state index in [1.165, 1.54) is 23.5 Å². The lowest BCUT2D eigenvalue weighted by molar-refractivity contribution is 0.102. The molecule has 164 valence electrons. The first-order valence-corrected chi connectivity index (χ1v) is 12.0. The van der Waals surface area contributed by atoms with Crippen LogP contribution in [0.4, 0.5) is 10.8 Å². The fourth-order valence-electron chi connectivity index (χ4n) is 3.18. The van der Waals surface area contributed by atoms with Crippen molar-refractivity contribution in [2.24, 2.45) is 0 Å². The Balaban J connectivity index is 1.63. The zero-order chi connectivity index (χ0) is 22.9. The molecule has 32 heavy (non-hydrogen) atoms. The number of thiazole rings is 1. The largest absolute Gasteiger partial charge is 0.494 e. The van der Waals surface area contributed by atoms with Crippen molar-refractivity contribution in [3.63, 3.8) is 0 Å². The molecule has 0 spiro atoms. The Morgan fingerprint density at radius 1 is 1.00 bits per heavy atom. The predicted molar refractivity (Wildman–Crippen MR) is 127 cm³/mol. The molecule has 1 heterocycles. The summed E-state index contributed by atoms with van der Waals surface area (Å²) in [5.74, 6) is 0.150. The van der Waals surface area contributed by atoms with Crippen molar-refractivity contribution in [1.82, 2.24) is 4.98 Å². The van der Waals surface area contributed by atoms with E-state index >= 15 is 0 Å². The van der Waals surface area contributed by atoms with E-state index in [0.717, 1.165) is 15.8 Å². The summed E-state index contributed by atoms with van der Waals surface area (Å²) >= 11 is 1.33. The van der Waals surface area contributed by atoms with Gasteiger partial charge in [0.05, 0.1) is 28.0 Å². The molecule has 4 rings (SSSR count). The molecule has 0 bridgehead atoms. The molecule has 0 aliphatic rings. The van der Waals surface area contributed by atoms with Crippen molar-refractivity contribution in [1.29, 1.82) is 0 Å². The number of nitrogens with zero attached hydrogens (tertiary/aromatic N) is 1. The number of amides is 1. The van der Waals surface area contributed by atoms with Gasteiger partial charge in [-0.25, -0.2) is 13.4 Å². The number of benzene rings is 3. The van der Waals surface area contributed by atoms with Crippen molar-refractivity contribution < 1.29 is 17.9 Å². The number of sulfonamides is 1. The normalized spacial score (nSPS) is 11.3. The second-order valence-corrected chi connectivity index (χ2v) is 9.88. The number of hydrogen-bond donors (Lipinski definition) is 2. The van der Waals surface area contributed by atoms with Crippen molar-refractivity contribution >= 4 is 48.3 Å². The molecule has 0 radical (unpaired) electrons. The average Bonchev–Trinajstić information content (AvgIpc) is 3.19. The van der Waals surface area contributed by atoms with Crippen LogP contribution < -0.4 is 14.8 Å². The van der Waals surface area contributed by atoms with Crippen LogP contribution in [0, 0.1) is 13.8 Å². The van der Waals surface area contributed by atoms with Gasteiger partial charge in [-0.2, -0.15) is 0 Å². The fraction of sp³-hybridized carbons (Fsp3) is 0.130. The third-order valence-corrected chi connectivity index (χ3v) is 7.38. The van der Waals surface area contributed by atoms with Gasteiger partial charge < -0.3 is 4.74 Å². The van der Waals surface area contributed by atoms with E-state index in [1.807, 2.05) is 26.0 Å². The summed E-state index contributed by atoms with van der Waals surface area (Å²) in [5.41, 5.74) is 3.00. The zero-order valence-electron chi connectivity index (χ0n) is 17.7. The van der Waals surface area contributed by atoms with Crippen LogP contribution in [0.5, 0.6) is 5.75 Å². The number of ether oxygens (including phenoxy) is 1. The van der Waals surface area contributed by atoms with Crippen LogP contribution in [0.15, 0.2) is 65.6 Å². The van der Waals surface area contributed by atoms with Gasteiger partial charge in [-0.05, 0) is 49.7 Å². The number of nitrogens with one attached hydrogen (secondary N) is 2. The van der Waals surface area contributed by atoms with Crippen molar-refractivity contribution in [3.05, 3.63) is 77.4 Å². The minimum absolute atomic E-state index is 0.118. The summed E-state index contributed by atoms with van der Waals surface area (Å²) in [4.78, 5) is 17.6. The second kappa shape index (κ2) is 8.60. The number of methoxy groups -OCH3 is 1. The standard InChI is InChI=1S/C23H21N3O4S2/c1-14-8-11-16(12-9-14)32(28,29)26-18-7-5-4-6-17(18)22(27)25-23-24-20-19(30-3)13-10-15(2)21(20)31-23/h4-13,26H,1-3H3,(H,24,25,27). The summed E-state index contributed by atoms with van der Waals surface area (Å²) in [6, 6.07) is 16.7. The summed E-state index contributed by atoms with van der Waals surface area (Å²) in [6.07, 6.45) is 0. The van der Waals surface area contributed by atoms with Crippen LogP contribution >= 0.6 is 11.3 Å². The molecule has 2 N–H and O–H groups in total. The Kier molecular flexibility index (Phi) is 5.86. The Morgan fingerprint density at radius 3 is 2.44 bits per heavy atom. The lowest BCUT2D eigenvalue weighted by Gasteiger charge is -2.12. The molecule has 7 nitrogen and oxygen atoms in total. The quantitative estimate of drug-likeness (QED) is 0.417. The van der Waals surface area contributed by atoms with Gasteiger partial charge in [0, 0.05) is 0 Å². The molecule has 0 aliphatic carbocycles. The van der Waals surface area contributed by atoms with E-state index in [-0.39, 0.29) is 16.1 Å². The van der Waals surface area contributed by atoms with E-state index in [4.69, 9.17) is 4.74 Å². The summed E-state index contributed by atoms with van der Waals surface area (Å²) < 4.78 is 34.4. The highest BCUT2D eigenvalue weighted by Gasteiger charge is 2.20. The molecule has 0 unspecified atom stereocenters. The van der Waals surface area contributed by atoms with Crippen LogP contribution in [0.3, 0.4) is 0 Å². The molecule has 1 amide bonds. The molecular weight excluding hydrogens is 446 g/mol. The van der Waals surface area contributed by atoms with Gasteiger partial charge in [0.2, 0.25) is 0 Å². The minimum atomic E-state index is -3.85. The van der Waals surface area contributed by atoms with Crippen molar-refractivity contribution in [2.45, 2.75) is 18.7 Å². The third-order valence-electron chi connectivity index (χ3n) is 4.89. The fourth-order valence-corrected chi connectivity index (χ4v) is 5.21. The summed E-state index contributed by atoms with van der Waals surface area (Å²) in [6.45, 7) is 3.84. The molecule has 0 saturated heterocycles. The molecule has 0 aliphatic heterocycles. The maximum atomic E-state index is 13.0. The maximum absolute atomic E-state index is 13.0. The van der Waals surface area contributed by atoms with Crippen LogP contribution in [-0.2, 0) is 10.0 Å². The van der Waals surface area contributed by atoms with Crippen LogP contribution in [0.1, 0.15) is 21.5 Å². The first-order chi connectivity index (χ1) is 15.3. The van der Waals surface area contributed by atoms with Gasteiger partial charge in [-0.3, -0.25) is 14.8 Å². The monoisotopic (exact) mass is 467 g/mol. The molecule has 3 aromatic carbocycles. The SMILES string of the molecule is COc1ccc(C)c2sc(NC(=O)c3ccccc3NS(=O)(=O)c3ccc(C)cc3)nc12. The first kappa shape index (κ1) is 21.8. The molecule has 4 aromatic rings. The Hall–Kier alpha value is -3.43. The lowest BCUT2D eigenvalue weighted by atomic mass is 10.2. The highest BCUT2D eigenvalue weighted by Crippen LogP contribution is 2.35. The molecule has 0 fully saturated rings. The number of carbonyl (C=O) groups excluding carboxylic acids is 1. The van der Waals surface area contributed by atoms with Gasteiger partial charge in [0.1, 0.15) is 11.3 Å². The molecular formula is C23H21N3O4S2. The van der Waals surface area contributed by atoms with Crippen LogP contribution in [-0.4, -0.2) is 26.4 Å². The van der Waals surface area contributed by atoms with Crippen molar-refractivity contribution in [3.8, 4) is 5.75 Å². The number of para-hydroxylation sites is 1. The predicted octanol–water partition coefficient (Wildman–Crippen LogP) is 4.97. The Morgan fingerprint density at radius 2 is 1.72 bits per heavy atom. The van der Waals surface area contributed by atoms with Crippen LogP contribution in [0.25, 0.3) is 10.2 Å². The first-order valence-electron chi connectivity index (χ1n) is 9.72. The van der Waals surface area contributed by atoms with Gasteiger partial charge in [0.15, 0.2) is 5.13 Å². The van der Waals surface area contributed by atoms with E-state index in [0.29, 0.717) is 16.4 Å². The number of aryl methyl sites for hydroxylation is 2. The number of rotatable bonds is 6. The van der Waals surface area contributed by atoms with Gasteiger partial charge >= 0.3 is 0 Å². The van der Waals surface area contributed by atoms with Gasteiger partial charge in [-0.1, -0.05) is 47.2 Å². The van der Waals surface area contributed by atoms with E-state index in [1.54, 1.807) is 43.5 Å². The number of aromatic nitrogens is 1. The zero-order valence-corrected chi connectivity index (χ0v) is 19.3. The topological polar surface area (TPSA) is 97.4 Å². The van der Waals surface area contributed by atoms with E-state index < -0.39 is 15.9 Å². The smallest absolute Gasteiger partial charge is 0.261 e. The summed E-state index contributed by atoms with van der Waals surface area (Å²) in [5, 5.41) is 3.17. The van der Waals surface area contributed by atoms with Crippen LogP contribution in [0.2, 0.25) is 0 Å². The maximum Gasteiger partial charge on any atom is 0.261 e. The van der Waals surface area contributed by atoms with E-state index in [9.17, 15) is 13.2 Å². The Bertz CT molecular complexity index is 1410. The van der Waals surface area contributed by atoms with Gasteiger partial charge in [-0.15, -0.1) is 0 Å². The molecule has 9 heteroatoms.